The van der Waals surface area contributed by atoms with Crippen LogP contribution in [0.4, 0.5) is 5.69 Å². The molecule has 0 N–H and O–H groups in total. The average Bonchev–Trinajstić information content (AvgIpc) is 2.70. The lowest BCUT2D eigenvalue weighted by molar-refractivity contribution is -0.116. The van der Waals surface area contributed by atoms with E-state index >= 15 is 0 Å². The van der Waals surface area contributed by atoms with Gasteiger partial charge in [-0.25, -0.2) is 0 Å². The van der Waals surface area contributed by atoms with Gasteiger partial charge in [-0.15, -0.1) is 0 Å². The number of carbonyl (C=O) groups excluding carboxylic acids is 2. The summed E-state index contributed by atoms with van der Waals surface area (Å²) in [5.41, 5.74) is 2.69. The standard InChI is InChI=1S/C13H16N2O2/c1-9(16)15-7-6-10-8-11(4-5-12(10)15)13(17)14(2)3/h4-5,8H,6-7H2,1-3H3. The average molecular weight is 232 g/mol. The Labute approximate surface area is 101 Å². The van der Waals surface area contributed by atoms with Crippen molar-refractivity contribution in [3.05, 3.63) is 29.3 Å². The number of benzene rings is 1. The van der Waals surface area contributed by atoms with Crippen molar-refractivity contribution in [2.24, 2.45) is 0 Å². The number of fused-ring (bicyclic) bond motifs is 1. The first kappa shape index (κ1) is 11.6. The minimum atomic E-state index is -0.00549. The minimum Gasteiger partial charge on any atom is -0.345 e. The summed E-state index contributed by atoms with van der Waals surface area (Å²) in [4.78, 5) is 26.5. The van der Waals surface area contributed by atoms with Gasteiger partial charge in [0.2, 0.25) is 5.91 Å². The predicted octanol–water partition coefficient (Wildman–Crippen LogP) is 1.30. The van der Waals surface area contributed by atoms with Crippen LogP contribution in [-0.4, -0.2) is 37.4 Å². The Balaban J connectivity index is 2.35. The second-order valence-electron chi connectivity index (χ2n) is 4.46. The lowest BCUT2D eigenvalue weighted by atomic mass is 10.1. The lowest BCUT2D eigenvalue weighted by Crippen LogP contribution is -2.25. The van der Waals surface area contributed by atoms with E-state index in [2.05, 4.69) is 0 Å². The van der Waals surface area contributed by atoms with Crippen molar-refractivity contribution >= 4 is 17.5 Å². The number of hydrogen-bond acceptors (Lipinski definition) is 2. The zero-order valence-electron chi connectivity index (χ0n) is 10.4. The van der Waals surface area contributed by atoms with E-state index in [1.165, 1.54) is 0 Å². The molecule has 4 heteroatoms. The third-order valence-electron chi connectivity index (χ3n) is 3.01. The Morgan fingerprint density at radius 2 is 2.00 bits per heavy atom. The normalized spacial score (nSPS) is 13.5. The number of nitrogens with zero attached hydrogens (tertiary/aromatic N) is 2. The fraction of sp³-hybridized carbons (Fsp3) is 0.385. The van der Waals surface area contributed by atoms with Crippen LogP contribution in [0.15, 0.2) is 18.2 Å². The molecule has 0 fully saturated rings. The first-order chi connectivity index (χ1) is 8.00. The highest BCUT2D eigenvalue weighted by molar-refractivity contribution is 5.97. The summed E-state index contributed by atoms with van der Waals surface area (Å²) in [6, 6.07) is 5.53. The van der Waals surface area contributed by atoms with Gasteiger partial charge < -0.3 is 9.80 Å². The van der Waals surface area contributed by atoms with E-state index in [-0.39, 0.29) is 11.8 Å². The van der Waals surface area contributed by atoms with Crippen molar-refractivity contribution in [1.29, 1.82) is 0 Å². The van der Waals surface area contributed by atoms with E-state index in [0.717, 1.165) is 17.7 Å². The van der Waals surface area contributed by atoms with Gasteiger partial charge in [0.15, 0.2) is 0 Å². The van der Waals surface area contributed by atoms with Crippen molar-refractivity contribution < 1.29 is 9.59 Å². The molecule has 1 aromatic carbocycles. The molecule has 1 aromatic rings. The molecule has 0 aromatic heterocycles. The van der Waals surface area contributed by atoms with Crippen molar-refractivity contribution in [3.8, 4) is 0 Å². The Morgan fingerprint density at radius 3 is 2.59 bits per heavy atom. The van der Waals surface area contributed by atoms with E-state index in [0.29, 0.717) is 12.1 Å². The first-order valence-electron chi connectivity index (χ1n) is 5.63. The van der Waals surface area contributed by atoms with Gasteiger partial charge in [-0.2, -0.15) is 0 Å². The minimum absolute atomic E-state index is 0.00549. The molecule has 2 amide bonds. The van der Waals surface area contributed by atoms with Crippen LogP contribution in [0.5, 0.6) is 0 Å². The summed E-state index contributed by atoms with van der Waals surface area (Å²) >= 11 is 0. The summed E-state index contributed by atoms with van der Waals surface area (Å²) in [5.74, 6) is 0.0458. The molecule has 1 heterocycles. The Bertz CT molecular complexity index is 480. The molecule has 1 aliphatic rings. The molecule has 1 aliphatic heterocycles. The zero-order chi connectivity index (χ0) is 12.6. The van der Waals surface area contributed by atoms with Gasteiger partial charge in [0.25, 0.3) is 5.91 Å². The van der Waals surface area contributed by atoms with Crippen LogP contribution in [0, 0.1) is 0 Å². The fourth-order valence-electron chi connectivity index (χ4n) is 2.12. The topological polar surface area (TPSA) is 40.6 Å². The van der Waals surface area contributed by atoms with Crippen LogP contribution >= 0.6 is 0 Å². The maximum absolute atomic E-state index is 11.8. The molecule has 0 aliphatic carbocycles. The maximum Gasteiger partial charge on any atom is 0.253 e. The Hall–Kier alpha value is -1.84. The van der Waals surface area contributed by atoms with Gasteiger partial charge >= 0.3 is 0 Å². The van der Waals surface area contributed by atoms with E-state index in [1.54, 1.807) is 36.9 Å². The van der Waals surface area contributed by atoms with Gasteiger partial charge in [0, 0.05) is 38.8 Å². The molecule has 17 heavy (non-hydrogen) atoms. The third kappa shape index (κ3) is 2.02. The van der Waals surface area contributed by atoms with Crippen LogP contribution < -0.4 is 4.90 Å². The van der Waals surface area contributed by atoms with Gasteiger partial charge in [-0.3, -0.25) is 9.59 Å². The highest BCUT2D eigenvalue weighted by Gasteiger charge is 2.23. The van der Waals surface area contributed by atoms with E-state index in [4.69, 9.17) is 0 Å². The number of hydrogen-bond donors (Lipinski definition) is 0. The van der Waals surface area contributed by atoms with Gasteiger partial charge in [0.1, 0.15) is 0 Å². The third-order valence-corrected chi connectivity index (χ3v) is 3.01. The van der Waals surface area contributed by atoms with Crippen LogP contribution in [-0.2, 0) is 11.2 Å². The zero-order valence-corrected chi connectivity index (χ0v) is 10.4. The van der Waals surface area contributed by atoms with Crippen molar-refractivity contribution in [2.75, 3.05) is 25.5 Å². The van der Waals surface area contributed by atoms with E-state index in [9.17, 15) is 9.59 Å². The van der Waals surface area contributed by atoms with Gasteiger partial charge in [-0.1, -0.05) is 0 Å². The number of amides is 2. The van der Waals surface area contributed by atoms with Crippen LogP contribution in [0.1, 0.15) is 22.8 Å². The summed E-state index contributed by atoms with van der Waals surface area (Å²) in [5, 5.41) is 0. The molecule has 90 valence electrons. The van der Waals surface area contributed by atoms with Crippen LogP contribution in [0.2, 0.25) is 0 Å². The molecular weight excluding hydrogens is 216 g/mol. The van der Waals surface area contributed by atoms with E-state index in [1.807, 2.05) is 12.1 Å². The van der Waals surface area contributed by atoms with Crippen LogP contribution in [0.25, 0.3) is 0 Å². The summed E-state index contributed by atoms with van der Waals surface area (Å²) in [6.45, 7) is 2.28. The summed E-state index contributed by atoms with van der Waals surface area (Å²) in [6.07, 6.45) is 0.823. The summed E-state index contributed by atoms with van der Waals surface area (Å²) < 4.78 is 0. The first-order valence-corrected chi connectivity index (χ1v) is 5.63. The largest absolute Gasteiger partial charge is 0.345 e. The molecule has 2 rings (SSSR count). The molecular formula is C13H16N2O2. The van der Waals surface area contributed by atoms with Crippen molar-refractivity contribution in [1.82, 2.24) is 4.90 Å². The fourth-order valence-corrected chi connectivity index (χ4v) is 2.12. The molecule has 0 saturated heterocycles. The second kappa shape index (κ2) is 4.20. The predicted molar refractivity (Wildman–Crippen MR) is 66.2 cm³/mol. The molecule has 0 radical (unpaired) electrons. The van der Waals surface area contributed by atoms with E-state index < -0.39 is 0 Å². The Kier molecular flexibility index (Phi) is 2.88. The number of rotatable bonds is 1. The monoisotopic (exact) mass is 232 g/mol. The molecule has 0 unspecified atom stereocenters. The molecule has 0 saturated carbocycles. The SMILES string of the molecule is CC(=O)N1CCc2cc(C(=O)N(C)C)ccc21. The molecule has 0 spiro atoms. The number of anilines is 1. The Morgan fingerprint density at radius 1 is 1.29 bits per heavy atom. The quantitative estimate of drug-likeness (QED) is 0.732. The highest BCUT2D eigenvalue weighted by Crippen LogP contribution is 2.29. The van der Waals surface area contributed by atoms with Crippen molar-refractivity contribution in [3.63, 3.8) is 0 Å². The molecule has 4 nitrogen and oxygen atoms in total. The van der Waals surface area contributed by atoms with Gasteiger partial charge in [0.05, 0.1) is 0 Å². The molecule has 0 bridgehead atoms. The highest BCUT2D eigenvalue weighted by atomic mass is 16.2. The smallest absolute Gasteiger partial charge is 0.253 e. The summed E-state index contributed by atoms with van der Waals surface area (Å²) in [7, 11) is 3.47. The lowest BCUT2D eigenvalue weighted by Gasteiger charge is -2.15. The number of carbonyl (C=O) groups is 2. The molecule has 0 atom stereocenters. The van der Waals surface area contributed by atoms with Crippen LogP contribution in [0.3, 0.4) is 0 Å². The maximum atomic E-state index is 11.8. The second-order valence-corrected chi connectivity index (χ2v) is 4.46. The van der Waals surface area contributed by atoms with Crippen molar-refractivity contribution in [2.45, 2.75) is 13.3 Å². The van der Waals surface area contributed by atoms with Gasteiger partial charge in [-0.05, 0) is 30.2 Å².